The van der Waals surface area contributed by atoms with E-state index >= 15 is 0 Å². The lowest BCUT2D eigenvalue weighted by molar-refractivity contribution is -0.0284. The van der Waals surface area contributed by atoms with Crippen LogP contribution in [0.2, 0.25) is 0 Å². The van der Waals surface area contributed by atoms with Crippen LogP contribution in [0.1, 0.15) is 19.4 Å². The van der Waals surface area contributed by atoms with Crippen LogP contribution in [0.5, 0.6) is 5.75 Å². The van der Waals surface area contributed by atoms with Crippen molar-refractivity contribution in [1.82, 2.24) is 15.5 Å². The summed E-state index contributed by atoms with van der Waals surface area (Å²) >= 11 is 0. The van der Waals surface area contributed by atoms with Crippen molar-refractivity contribution >= 4 is 29.9 Å². The van der Waals surface area contributed by atoms with Crippen molar-refractivity contribution in [3.05, 3.63) is 29.8 Å². The molecule has 166 valence electrons. The average molecular weight is 520 g/mol. The monoisotopic (exact) mass is 520 g/mol. The Balaban J connectivity index is 0.00000420. The zero-order valence-electron chi connectivity index (χ0n) is 18.1. The fourth-order valence-electron chi connectivity index (χ4n) is 3.26. The molecule has 1 aromatic rings. The van der Waals surface area contributed by atoms with Gasteiger partial charge in [-0.25, -0.2) is 0 Å². The van der Waals surface area contributed by atoms with Gasteiger partial charge in [0.2, 0.25) is 0 Å². The van der Waals surface area contributed by atoms with Gasteiger partial charge in [-0.15, -0.1) is 24.0 Å². The maximum absolute atomic E-state index is 5.88. The molecule has 1 fully saturated rings. The second-order valence-electron chi connectivity index (χ2n) is 7.39. The quantitative estimate of drug-likeness (QED) is 0.214. The van der Waals surface area contributed by atoms with Crippen molar-refractivity contribution in [2.45, 2.75) is 26.6 Å². The summed E-state index contributed by atoms with van der Waals surface area (Å²) in [6.45, 7) is 10.9. The highest BCUT2D eigenvalue weighted by atomic mass is 127. The normalized spacial score (nSPS) is 17.7. The van der Waals surface area contributed by atoms with Gasteiger partial charge in [0.05, 0.1) is 33.0 Å². The van der Waals surface area contributed by atoms with Crippen molar-refractivity contribution in [1.29, 1.82) is 0 Å². The molecule has 1 heterocycles. The minimum absolute atomic E-state index is 0. The SMILES string of the molecule is CN=C(NCCOCc1ccccc1OC)NCC1CN(CC(C)C)CCO1.I. The molecule has 0 bridgehead atoms. The maximum Gasteiger partial charge on any atom is 0.191 e. The number of morpholine rings is 1. The van der Waals surface area contributed by atoms with Crippen molar-refractivity contribution in [3.63, 3.8) is 0 Å². The van der Waals surface area contributed by atoms with E-state index in [2.05, 4.69) is 34.4 Å². The van der Waals surface area contributed by atoms with E-state index in [9.17, 15) is 0 Å². The molecule has 0 radical (unpaired) electrons. The van der Waals surface area contributed by atoms with Gasteiger partial charge in [-0.3, -0.25) is 9.89 Å². The molecule has 0 aromatic heterocycles. The number of para-hydroxylation sites is 1. The lowest BCUT2D eigenvalue weighted by atomic mass is 10.2. The Labute approximate surface area is 192 Å². The minimum atomic E-state index is 0. The second kappa shape index (κ2) is 14.8. The number of rotatable bonds is 10. The fourth-order valence-corrected chi connectivity index (χ4v) is 3.26. The zero-order valence-corrected chi connectivity index (χ0v) is 20.5. The first-order valence-electron chi connectivity index (χ1n) is 10.1. The van der Waals surface area contributed by atoms with Crippen LogP contribution in [0.15, 0.2) is 29.3 Å². The van der Waals surface area contributed by atoms with Gasteiger partial charge in [-0.05, 0) is 12.0 Å². The summed E-state index contributed by atoms with van der Waals surface area (Å²) < 4.78 is 17.0. The highest BCUT2D eigenvalue weighted by Crippen LogP contribution is 2.17. The molecule has 1 aromatic carbocycles. The number of aliphatic imine (C=N–C) groups is 1. The van der Waals surface area contributed by atoms with Gasteiger partial charge in [0, 0.05) is 45.3 Å². The summed E-state index contributed by atoms with van der Waals surface area (Å²) in [5.41, 5.74) is 1.05. The number of hydrogen-bond donors (Lipinski definition) is 2. The van der Waals surface area contributed by atoms with Gasteiger partial charge >= 0.3 is 0 Å². The van der Waals surface area contributed by atoms with Crippen LogP contribution in [-0.2, 0) is 16.1 Å². The molecule has 2 N–H and O–H groups in total. The van der Waals surface area contributed by atoms with Crippen LogP contribution in [0.3, 0.4) is 0 Å². The third-order valence-electron chi connectivity index (χ3n) is 4.56. The van der Waals surface area contributed by atoms with E-state index in [1.807, 2.05) is 24.3 Å². The van der Waals surface area contributed by atoms with Gasteiger partial charge in [0.1, 0.15) is 5.75 Å². The van der Waals surface area contributed by atoms with Gasteiger partial charge < -0.3 is 24.8 Å². The minimum Gasteiger partial charge on any atom is -0.496 e. The van der Waals surface area contributed by atoms with E-state index in [1.54, 1.807) is 14.2 Å². The Kier molecular flexibility index (Phi) is 13.2. The third-order valence-corrected chi connectivity index (χ3v) is 4.56. The molecule has 29 heavy (non-hydrogen) atoms. The van der Waals surface area contributed by atoms with Gasteiger partial charge in [-0.2, -0.15) is 0 Å². The number of nitrogens with one attached hydrogen (secondary N) is 2. The number of benzene rings is 1. The summed E-state index contributed by atoms with van der Waals surface area (Å²) in [4.78, 5) is 6.75. The summed E-state index contributed by atoms with van der Waals surface area (Å²) in [6.07, 6.45) is 0.188. The van der Waals surface area contributed by atoms with Gasteiger partial charge in [0.15, 0.2) is 5.96 Å². The highest BCUT2D eigenvalue weighted by molar-refractivity contribution is 14.0. The van der Waals surface area contributed by atoms with Crippen molar-refractivity contribution < 1.29 is 14.2 Å². The number of guanidine groups is 1. The first-order chi connectivity index (χ1) is 13.6. The fraction of sp³-hybridized carbons (Fsp3) is 0.667. The largest absolute Gasteiger partial charge is 0.496 e. The molecule has 1 aliphatic rings. The van der Waals surface area contributed by atoms with Crippen molar-refractivity contribution in [2.75, 3.05) is 60.1 Å². The molecule has 2 rings (SSSR count). The highest BCUT2D eigenvalue weighted by Gasteiger charge is 2.21. The van der Waals surface area contributed by atoms with Crippen molar-refractivity contribution in [3.8, 4) is 5.75 Å². The van der Waals surface area contributed by atoms with Gasteiger partial charge in [-0.1, -0.05) is 32.0 Å². The lowest BCUT2D eigenvalue weighted by Crippen LogP contribution is -2.50. The first-order valence-corrected chi connectivity index (χ1v) is 10.1. The Morgan fingerprint density at radius 1 is 1.31 bits per heavy atom. The zero-order chi connectivity index (χ0) is 20.2. The van der Waals surface area contributed by atoms with E-state index in [0.717, 1.165) is 50.1 Å². The molecular weight excluding hydrogens is 483 g/mol. The van der Waals surface area contributed by atoms with Crippen LogP contribution >= 0.6 is 24.0 Å². The summed E-state index contributed by atoms with van der Waals surface area (Å²) in [7, 11) is 3.45. The molecule has 1 aliphatic heterocycles. The molecule has 1 saturated heterocycles. The summed E-state index contributed by atoms with van der Waals surface area (Å²) in [6, 6.07) is 7.90. The van der Waals surface area contributed by atoms with Crippen LogP contribution in [0.4, 0.5) is 0 Å². The molecular formula is C21H37IN4O3. The Bertz CT molecular complexity index is 601. The molecule has 8 heteroatoms. The third kappa shape index (κ3) is 9.97. The van der Waals surface area contributed by atoms with Crippen LogP contribution in [-0.4, -0.2) is 77.1 Å². The summed E-state index contributed by atoms with van der Waals surface area (Å²) in [5.74, 6) is 2.30. The maximum atomic E-state index is 5.88. The standard InChI is InChI=1S/C21H36N4O3.HI/c1-17(2)14-25-10-12-28-19(15-25)13-24-21(22-3)23-9-11-27-16-18-7-5-6-8-20(18)26-4;/h5-8,17,19H,9-16H2,1-4H3,(H2,22,23,24);1H. The van der Waals surface area contributed by atoms with Gasteiger partial charge in [0.25, 0.3) is 0 Å². The molecule has 0 amide bonds. The molecule has 7 nitrogen and oxygen atoms in total. The van der Waals surface area contributed by atoms with Crippen LogP contribution < -0.4 is 15.4 Å². The predicted molar refractivity (Wildman–Crippen MR) is 128 cm³/mol. The Morgan fingerprint density at radius 2 is 2.10 bits per heavy atom. The van der Waals surface area contributed by atoms with E-state index in [-0.39, 0.29) is 30.1 Å². The number of ether oxygens (including phenoxy) is 3. The van der Waals surface area contributed by atoms with E-state index in [0.29, 0.717) is 25.7 Å². The number of nitrogens with zero attached hydrogens (tertiary/aromatic N) is 2. The van der Waals surface area contributed by atoms with Crippen molar-refractivity contribution in [2.24, 2.45) is 10.9 Å². The lowest BCUT2D eigenvalue weighted by Gasteiger charge is -2.34. The van der Waals surface area contributed by atoms with E-state index < -0.39 is 0 Å². The molecule has 0 spiro atoms. The predicted octanol–water partition coefficient (Wildman–Crippen LogP) is 2.35. The number of hydrogen-bond acceptors (Lipinski definition) is 5. The van der Waals surface area contributed by atoms with Crippen LogP contribution in [0.25, 0.3) is 0 Å². The summed E-state index contributed by atoms with van der Waals surface area (Å²) in [5, 5.41) is 6.63. The average Bonchev–Trinajstić information content (AvgIpc) is 2.70. The number of halogens is 1. The van der Waals surface area contributed by atoms with Crippen LogP contribution in [0, 0.1) is 5.92 Å². The first kappa shape index (κ1) is 25.9. The van der Waals surface area contributed by atoms with E-state index in [4.69, 9.17) is 14.2 Å². The second-order valence-corrected chi connectivity index (χ2v) is 7.39. The Hall–Kier alpha value is -1.10. The number of methoxy groups -OCH3 is 1. The van der Waals surface area contributed by atoms with E-state index in [1.165, 1.54) is 0 Å². The molecule has 1 unspecified atom stereocenters. The Morgan fingerprint density at radius 3 is 2.83 bits per heavy atom. The topological polar surface area (TPSA) is 67.4 Å². The molecule has 0 aliphatic carbocycles. The molecule has 0 saturated carbocycles. The smallest absolute Gasteiger partial charge is 0.191 e. The molecule has 1 atom stereocenters.